The van der Waals surface area contributed by atoms with Crippen molar-refractivity contribution < 1.29 is 22.3 Å². The number of aryl methyl sites for hydroxylation is 2. The number of sulfone groups is 1. The third kappa shape index (κ3) is 6.96. The van der Waals surface area contributed by atoms with Crippen LogP contribution in [0, 0.1) is 12.3 Å². The maximum absolute atomic E-state index is 12.7. The molecule has 1 unspecified atom stereocenters. The number of carbonyl (C=O) groups is 1. The van der Waals surface area contributed by atoms with Crippen molar-refractivity contribution in [2.75, 3.05) is 24.4 Å². The quantitative estimate of drug-likeness (QED) is 0.276. The number of hydrogen-bond acceptors (Lipinski definition) is 7. The molecule has 0 saturated carbocycles. The number of benzene rings is 1. The molecule has 34 heavy (non-hydrogen) atoms. The lowest BCUT2D eigenvalue weighted by atomic mass is 9.83. The zero-order chi connectivity index (χ0) is 25.4. The van der Waals surface area contributed by atoms with E-state index in [1.54, 1.807) is 6.20 Å². The highest BCUT2D eigenvalue weighted by Crippen LogP contribution is 2.36. The van der Waals surface area contributed by atoms with Crippen molar-refractivity contribution >= 4 is 27.8 Å². The Morgan fingerprint density at radius 2 is 2.09 bits per heavy atom. The Morgan fingerprint density at radius 3 is 2.68 bits per heavy atom. The summed E-state index contributed by atoms with van der Waals surface area (Å²) in [6, 6.07) is 5.61. The summed E-state index contributed by atoms with van der Waals surface area (Å²) in [5.74, 6) is -0.161. The normalized spacial score (nSPS) is 15.4. The van der Waals surface area contributed by atoms with Gasteiger partial charge in [0.1, 0.15) is 23.9 Å². The second kappa shape index (κ2) is 11.9. The zero-order valence-corrected chi connectivity index (χ0v) is 20.5. The summed E-state index contributed by atoms with van der Waals surface area (Å²) in [5.41, 5.74) is 9.04. The molecule has 1 aromatic carbocycles. The van der Waals surface area contributed by atoms with E-state index in [0.29, 0.717) is 18.0 Å². The fourth-order valence-electron chi connectivity index (χ4n) is 3.47. The zero-order valence-electron chi connectivity index (χ0n) is 19.7. The molecule has 1 aromatic heterocycles. The molecule has 1 atom stereocenters. The van der Waals surface area contributed by atoms with Crippen LogP contribution in [0.25, 0.3) is 0 Å². The van der Waals surface area contributed by atoms with Crippen molar-refractivity contribution in [2.24, 2.45) is 5.73 Å². The smallest absolute Gasteiger partial charge is 0.232 e. The van der Waals surface area contributed by atoms with Gasteiger partial charge in [0.05, 0.1) is 23.8 Å². The van der Waals surface area contributed by atoms with E-state index in [4.69, 9.17) is 15.9 Å². The monoisotopic (exact) mass is 493 g/mol. The number of amidine groups is 1. The number of nitrogens with one attached hydrogen (secondary N) is 2. The van der Waals surface area contributed by atoms with E-state index in [9.17, 15) is 17.6 Å². The van der Waals surface area contributed by atoms with Crippen molar-refractivity contribution in [2.45, 2.75) is 50.7 Å². The van der Waals surface area contributed by atoms with Gasteiger partial charge >= 0.3 is 0 Å². The van der Waals surface area contributed by atoms with E-state index in [-0.39, 0.29) is 24.1 Å². The molecule has 186 valence electrons. The minimum Gasteiger partial charge on any atom is -0.474 e. The fourth-order valence-corrected chi connectivity index (χ4v) is 5.09. The van der Waals surface area contributed by atoms with Crippen LogP contribution in [0.1, 0.15) is 49.4 Å². The molecule has 3 rings (SSSR count). The van der Waals surface area contributed by atoms with Crippen LogP contribution in [0.5, 0.6) is 5.88 Å². The number of anilines is 1. The first-order valence-corrected chi connectivity index (χ1v) is 12.5. The van der Waals surface area contributed by atoms with E-state index >= 15 is 0 Å². The molecule has 0 radical (unpaired) electrons. The average Bonchev–Trinajstić information content (AvgIpc) is 2.79. The first-order valence-electron chi connectivity index (χ1n) is 10.9. The van der Waals surface area contributed by atoms with Crippen molar-refractivity contribution in [3.05, 3.63) is 47.4 Å². The third-order valence-corrected chi connectivity index (χ3v) is 8.36. The van der Waals surface area contributed by atoms with Crippen LogP contribution in [0.4, 0.5) is 10.1 Å². The third-order valence-electron chi connectivity index (χ3n) is 5.74. The number of amides is 1. The predicted octanol–water partition coefficient (Wildman–Crippen LogP) is 2.94. The Hall–Kier alpha value is -3.08. The molecule has 0 aliphatic heterocycles. The molecular formula is C23H32FN5O4S. The van der Waals surface area contributed by atoms with E-state index < -0.39 is 21.3 Å². The Balaban J connectivity index is 0.000000310. The summed E-state index contributed by atoms with van der Waals surface area (Å²) in [5, 5.41) is 10.2. The van der Waals surface area contributed by atoms with Gasteiger partial charge in [0.25, 0.3) is 0 Å². The van der Waals surface area contributed by atoms with Gasteiger partial charge in [-0.3, -0.25) is 15.2 Å². The van der Waals surface area contributed by atoms with Gasteiger partial charge in [-0.2, -0.15) is 0 Å². The number of carbonyl (C=O) groups excluding carboxylic acids is 1. The highest BCUT2D eigenvalue weighted by atomic mass is 32.2. The highest BCUT2D eigenvalue weighted by Gasteiger charge is 2.40. The lowest BCUT2D eigenvalue weighted by molar-refractivity contribution is -0.105. The van der Waals surface area contributed by atoms with Gasteiger partial charge in [-0.25, -0.2) is 17.8 Å². The maximum Gasteiger partial charge on any atom is 0.232 e. The van der Waals surface area contributed by atoms with Gasteiger partial charge < -0.3 is 15.8 Å². The average molecular weight is 494 g/mol. The number of nitrogens with two attached hydrogens (primary N) is 1. The van der Waals surface area contributed by atoms with Crippen LogP contribution in [0.2, 0.25) is 0 Å². The largest absolute Gasteiger partial charge is 0.474 e. The molecule has 0 saturated heterocycles. The topological polar surface area (TPSA) is 148 Å². The summed E-state index contributed by atoms with van der Waals surface area (Å²) in [7, 11) is -3.57. The summed E-state index contributed by atoms with van der Waals surface area (Å²) < 4.78 is 40.5. The minimum atomic E-state index is -3.57. The van der Waals surface area contributed by atoms with E-state index in [2.05, 4.69) is 15.3 Å². The Kier molecular flexibility index (Phi) is 9.48. The van der Waals surface area contributed by atoms with Gasteiger partial charge in [0.2, 0.25) is 12.3 Å². The Labute approximate surface area is 199 Å². The summed E-state index contributed by atoms with van der Waals surface area (Å²) in [4.78, 5) is 18.4. The molecule has 1 amide bonds. The lowest BCUT2D eigenvalue weighted by Crippen LogP contribution is -2.46. The van der Waals surface area contributed by atoms with Crippen LogP contribution in [0.3, 0.4) is 0 Å². The number of rotatable bonds is 9. The van der Waals surface area contributed by atoms with Gasteiger partial charge in [-0.15, -0.1) is 0 Å². The van der Waals surface area contributed by atoms with Gasteiger partial charge in [0.15, 0.2) is 9.84 Å². The standard InChI is InChI=1S/C16H23N3O3S.C7H9FN2O/c1-16(2,15(17)18)23(21,22)9-12-5-3-4-11-6-7-13(19-10-20)8-14(11)12;1-6-4-10-7(5-9-6)11-3-2-8/h6-8,10,12H,3-5,9H2,1-2H3,(H3,17,18)(H,19,20);4-5H,2-3H2,1H3. The minimum absolute atomic E-state index is 0.0394. The summed E-state index contributed by atoms with van der Waals surface area (Å²) >= 11 is 0. The van der Waals surface area contributed by atoms with Crippen LogP contribution < -0.4 is 15.8 Å². The molecule has 1 aliphatic carbocycles. The van der Waals surface area contributed by atoms with Crippen molar-refractivity contribution in [3.63, 3.8) is 0 Å². The molecular weight excluding hydrogens is 461 g/mol. The Bertz CT molecular complexity index is 1090. The van der Waals surface area contributed by atoms with Crippen LogP contribution in [-0.2, 0) is 21.1 Å². The van der Waals surface area contributed by atoms with Gasteiger partial charge in [-0.05, 0) is 69.2 Å². The molecule has 0 spiro atoms. The first kappa shape index (κ1) is 27.2. The first-order chi connectivity index (χ1) is 16.0. The number of ether oxygens (including phenoxy) is 1. The maximum atomic E-state index is 12.7. The molecule has 4 N–H and O–H groups in total. The van der Waals surface area contributed by atoms with Crippen molar-refractivity contribution in [1.29, 1.82) is 5.41 Å². The van der Waals surface area contributed by atoms with Crippen molar-refractivity contribution in [3.8, 4) is 5.88 Å². The van der Waals surface area contributed by atoms with Gasteiger partial charge in [-0.1, -0.05) is 6.07 Å². The number of fused-ring (bicyclic) bond motifs is 1. The second-order valence-electron chi connectivity index (χ2n) is 8.50. The van der Waals surface area contributed by atoms with Crippen LogP contribution in [-0.4, -0.2) is 54.4 Å². The number of nitrogens with zero attached hydrogens (tertiary/aromatic N) is 2. The van der Waals surface area contributed by atoms with Gasteiger partial charge in [0, 0.05) is 5.69 Å². The SMILES string of the molecule is CC(C)(C(=N)N)S(=O)(=O)CC1CCCc2ccc(NC=O)cc21.Cc1cnc(OCCF)cn1. The molecule has 1 aliphatic rings. The highest BCUT2D eigenvalue weighted by molar-refractivity contribution is 7.93. The summed E-state index contributed by atoms with van der Waals surface area (Å²) in [6.45, 7) is 4.30. The summed E-state index contributed by atoms with van der Waals surface area (Å²) in [6.07, 6.45) is 6.26. The number of alkyl halides is 1. The second-order valence-corrected chi connectivity index (χ2v) is 11.1. The van der Waals surface area contributed by atoms with E-state index in [1.807, 2.05) is 25.1 Å². The molecule has 1 heterocycles. The number of halogens is 1. The molecule has 9 nitrogen and oxygen atoms in total. The van der Waals surface area contributed by atoms with Crippen molar-refractivity contribution in [1.82, 2.24) is 9.97 Å². The number of aromatic nitrogens is 2. The molecule has 0 bridgehead atoms. The lowest BCUT2D eigenvalue weighted by Gasteiger charge is -2.30. The molecule has 0 fully saturated rings. The predicted molar refractivity (Wildman–Crippen MR) is 130 cm³/mol. The fraction of sp³-hybridized carbons (Fsp3) is 0.478. The van der Waals surface area contributed by atoms with E-state index in [1.165, 1.54) is 20.0 Å². The molecule has 11 heteroatoms. The van der Waals surface area contributed by atoms with Crippen LogP contribution >= 0.6 is 0 Å². The number of hydrogen-bond donors (Lipinski definition) is 3. The van der Waals surface area contributed by atoms with Crippen LogP contribution in [0.15, 0.2) is 30.6 Å². The van der Waals surface area contributed by atoms with E-state index in [0.717, 1.165) is 36.1 Å². The molecule has 2 aromatic rings. The Morgan fingerprint density at radius 1 is 1.35 bits per heavy atom.